The first kappa shape index (κ1) is 44.1. The van der Waals surface area contributed by atoms with Crippen LogP contribution in [0, 0.1) is 23.7 Å². The zero-order valence-corrected chi connectivity index (χ0v) is 33.8. The molecule has 2 rings (SSSR count). The minimum atomic E-state index is -0.881. The van der Waals surface area contributed by atoms with Crippen LogP contribution in [0.4, 0.5) is 0 Å². The van der Waals surface area contributed by atoms with E-state index >= 15 is 0 Å². The average Bonchev–Trinajstić information content (AvgIpc) is 3.55. The molecule has 6 unspecified atom stereocenters. The van der Waals surface area contributed by atoms with Gasteiger partial charge in [-0.3, -0.25) is 28.9 Å². The van der Waals surface area contributed by atoms with Crippen molar-refractivity contribution >= 4 is 41.0 Å². The lowest BCUT2D eigenvalue weighted by Gasteiger charge is -2.39. The number of piperidine rings is 1. The molecule has 0 radical (unpaired) electrons. The van der Waals surface area contributed by atoms with Gasteiger partial charge in [0.25, 0.3) is 5.91 Å². The second-order valence-corrected chi connectivity index (χ2v) is 16.2. The fourth-order valence-corrected chi connectivity index (χ4v) is 7.29. The Morgan fingerprint density at radius 2 is 1.67 bits per heavy atom. The van der Waals surface area contributed by atoms with Crippen LogP contribution in [0.15, 0.2) is 5.38 Å². The van der Waals surface area contributed by atoms with Gasteiger partial charge in [0.15, 0.2) is 12.8 Å². The SMILES string of the molecule is CCC(CC(C)C)NC(=O)c1csc(C(CC(C(C)C)N(COC(=O)CC(C)C)C(=O)C(NC(=O)C2CCCCN2C)C(C)CC)OC(C)=O)n1. The number of carbonyl (C=O) groups excluding carboxylic acids is 5. The zero-order chi connectivity index (χ0) is 38.4. The van der Waals surface area contributed by atoms with Gasteiger partial charge in [-0.1, -0.05) is 75.2 Å². The Labute approximate surface area is 310 Å². The van der Waals surface area contributed by atoms with Crippen molar-refractivity contribution in [3.8, 4) is 0 Å². The normalized spacial score (nSPS) is 18.1. The molecule has 1 aromatic rings. The molecular weight excluding hydrogens is 671 g/mol. The smallest absolute Gasteiger partial charge is 0.307 e. The van der Waals surface area contributed by atoms with Gasteiger partial charge in [0.1, 0.15) is 16.7 Å². The number of nitrogens with one attached hydrogen (secondary N) is 2. The third-order valence-corrected chi connectivity index (χ3v) is 10.6. The fourth-order valence-electron chi connectivity index (χ4n) is 6.45. The molecule has 3 amide bonds. The minimum absolute atomic E-state index is 0.00711. The summed E-state index contributed by atoms with van der Waals surface area (Å²) in [5.74, 6) is -1.76. The molecule has 2 N–H and O–H groups in total. The standard InChI is InChI=1S/C38H65N5O7S/c1-12-26(9)34(41-36(47)30-16-14-15-17-42(30)11)38(48)43(22-49-33(45)19-24(5)6)31(25(7)8)20-32(50-27(10)44)37-40-29(21-51-37)35(46)39-28(13-2)18-23(3)4/h21,23-26,28,30-32,34H,12-20,22H2,1-11H3,(H,39,46)(H,41,47). The highest BCUT2D eigenvalue weighted by Crippen LogP contribution is 2.32. The molecule has 1 fully saturated rings. The maximum Gasteiger partial charge on any atom is 0.307 e. The van der Waals surface area contributed by atoms with Gasteiger partial charge in [-0.15, -0.1) is 11.3 Å². The third-order valence-electron chi connectivity index (χ3n) is 9.62. The summed E-state index contributed by atoms with van der Waals surface area (Å²) in [6.07, 6.45) is 4.36. The first-order chi connectivity index (χ1) is 24.0. The molecule has 6 atom stereocenters. The van der Waals surface area contributed by atoms with Gasteiger partial charge in [-0.2, -0.15) is 0 Å². The summed E-state index contributed by atoms with van der Waals surface area (Å²) in [5.41, 5.74) is 0.234. The number of thiazole rings is 1. The minimum Gasteiger partial charge on any atom is -0.455 e. The molecule has 1 aromatic heterocycles. The van der Waals surface area contributed by atoms with E-state index in [4.69, 9.17) is 9.47 Å². The van der Waals surface area contributed by atoms with Crippen LogP contribution in [0.3, 0.4) is 0 Å². The van der Waals surface area contributed by atoms with Crippen LogP contribution in [-0.2, 0) is 28.7 Å². The van der Waals surface area contributed by atoms with Crippen molar-refractivity contribution in [3.63, 3.8) is 0 Å². The van der Waals surface area contributed by atoms with E-state index in [0.717, 1.165) is 32.2 Å². The zero-order valence-electron chi connectivity index (χ0n) is 33.0. The van der Waals surface area contributed by atoms with Crippen LogP contribution in [0.25, 0.3) is 0 Å². The van der Waals surface area contributed by atoms with Crippen molar-refractivity contribution in [1.29, 1.82) is 0 Å². The van der Waals surface area contributed by atoms with E-state index in [9.17, 15) is 24.0 Å². The molecule has 0 aromatic carbocycles. The van der Waals surface area contributed by atoms with Crippen molar-refractivity contribution in [2.24, 2.45) is 23.7 Å². The Bertz CT molecular complexity index is 1280. The highest BCUT2D eigenvalue weighted by molar-refractivity contribution is 7.09. The molecule has 0 bridgehead atoms. The van der Waals surface area contributed by atoms with Gasteiger partial charge in [0, 0.05) is 37.2 Å². The molecule has 12 nitrogen and oxygen atoms in total. The molecule has 2 heterocycles. The summed E-state index contributed by atoms with van der Waals surface area (Å²) in [6.45, 7) is 19.6. The second-order valence-electron chi connectivity index (χ2n) is 15.3. The topological polar surface area (TPSA) is 147 Å². The van der Waals surface area contributed by atoms with Gasteiger partial charge in [0.05, 0.1) is 6.04 Å². The summed E-state index contributed by atoms with van der Waals surface area (Å²) in [7, 11) is 1.93. The fraction of sp³-hybridized carbons (Fsp3) is 0.789. The van der Waals surface area contributed by atoms with E-state index in [1.807, 2.05) is 60.4 Å². The Kier molecular flexibility index (Phi) is 18.6. The number of likely N-dealkylation sites (N-methyl/N-ethyl adjacent to an activating group) is 1. The summed E-state index contributed by atoms with van der Waals surface area (Å²) < 4.78 is 11.5. The molecule has 1 aliphatic heterocycles. The van der Waals surface area contributed by atoms with Crippen molar-refractivity contribution < 1.29 is 33.4 Å². The van der Waals surface area contributed by atoms with Gasteiger partial charge in [-0.25, -0.2) is 4.98 Å². The molecule has 0 spiro atoms. The molecule has 290 valence electrons. The molecule has 51 heavy (non-hydrogen) atoms. The second kappa shape index (κ2) is 21.5. The number of rotatable bonds is 20. The molecular formula is C38H65N5O7S. The predicted octanol–water partition coefficient (Wildman–Crippen LogP) is 6.11. The summed E-state index contributed by atoms with van der Waals surface area (Å²) in [5, 5.41) is 8.22. The Hall–Kier alpha value is -3.06. The van der Waals surface area contributed by atoms with Crippen LogP contribution in [-0.4, -0.2) is 88.9 Å². The van der Waals surface area contributed by atoms with Crippen molar-refractivity contribution in [2.45, 2.75) is 151 Å². The number of esters is 2. The number of ether oxygens (including phenoxy) is 2. The largest absolute Gasteiger partial charge is 0.455 e. The lowest BCUT2D eigenvalue weighted by molar-refractivity contribution is -0.160. The highest BCUT2D eigenvalue weighted by atomic mass is 32.1. The monoisotopic (exact) mass is 735 g/mol. The third kappa shape index (κ3) is 14.1. The maximum atomic E-state index is 14.7. The van der Waals surface area contributed by atoms with E-state index in [1.54, 1.807) is 5.38 Å². The van der Waals surface area contributed by atoms with Crippen molar-refractivity contribution in [1.82, 2.24) is 25.4 Å². The number of carbonyl (C=O) groups is 5. The predicted molar refractivity (Wildman–Crippen MR) is 200 cm³/mol. The number of hydrogen-bond acceptors (Lipinski definition) is 10. The van der Waals surface area contributed by atoms with Crippen LogP contribution in [0.1, 0.15) is 142 Å². The van der Waals surface area contributed by atoms with Crippen LogP contribution >= 0.6 is 11.3 Å². The van der Waals surface area contributed by atoms with Crippen molar-refractivity contribution in [2.75, 3.05) is 20.3 Å². The van der Waals surface area contributed by atoms with Gasteiger partial charge >= 0.3 is 11.9 Å². The summed E-state index contributed by atoms with van der Waals surface area (Å²) in [4.78, 5) is 74.9. The highest BCUT2D eigenvalue weighted by Gasteiger charge is 2.39. The van der Waals surface area contributed by atoms with Crippen molar-refractivity contribution in [3.05, 3.63) is 16.1 Å². The van der Waals surface area contributed by atoms with Gasteiger partial charge in [-0.05, 0) is 62.9 Å². The summed E-state index contributed by atoms with van der Waals surface area (Å²) >= 11 is 1.22. The lowest BCUT2D eigenvalue weighted by Crippen LogP contribution is -2.59. The van der Waals surface area contributed by atoms with E-state index in [1.165, 1.54) is 23.2 Å². The quantitative estimate of drug-likeness (QED) is 0.120. The molecule has 0 saturated carbocycles. The first-order valence-electron chi connectivity index (χ1n) is 18.9. The first-order valence-corrected chi connectivity index (χ1v) is 19.8. The van der Waals surface area contributed by atoms with Crippen LogP contribution < -0.4 is 10.6 Å². The Morgan fingerprint density at radius 3 is 2.22 bits per heavy atom. The van der Waals surface area contributed by atoms with E-state index in [2.05, 4.69) is 29.5 Å². The summed E-state index contributed by atoms with van der Waals surface area (Å²) in [6, 6.07) is -1.79. The van der Waals surface area contributed by atoms with E-state index in [0.29, 0.717) is 23.8 Å². The number of hydrogen-bond donors (Lipinski definition) is 2. The average molecular weight is 736 g/mol. The molecule has 1 saturated heterocycles. The lowest BCUT2D eigenvalue weighted by atomic mass is 9.92. The van der Waals surface area contributed by atoms with Gasteiger partial charge < -0.3 is 25.0 Å². The number of amides is 3. The van der Waals surface area contributed by atoms with E-state index < -0.39 is 30.1 Å². The molecule has 0 aliphatic carbocycles. The maximum absolute atomic E-state index is 14.7. The number of nitrogens with zero attached hydrogens (tertiary/aromatic N) is 3. The van der Waals surface area contributed by atoms with Crippen LogP contribution in [0.5, 0.6) is 0 Å². The number of aromatic nitrogens is 1. The molecule has 1 aliphatic rings. The van der Waals surface area contributed by atoms with E-state index in [-0.39, 0.29) is 72.8 Å². The molecule has 13 heteroatoms. The van der Waals surface area contributed by atoms with Gasteiger partial charge in [0.2, 0.25) is 11.8 Å². The number of likely N-dealkylation sites (tertiary alicyclic amines) is 1. The van der Waals surface area contributed by atoms with Crippen LogP contribution in [0.2, 0.25) is 0 Å². The Morgan fingerprint density at radius 1 is 0.980 bits per heavy atom. The Balaban J connectivity index is 2.49.